The summed E-state index contributed by atoms with van der Waals surface area (Å²) in [6, 6.07) is 13.4. The van der Waals surface area contributed by atoms with E-state index in [0.717, 1.165) is 5.56 Å². The number of hydrogen-bond acceptors (Lipinski definition) is 5. The van der Waals surface area contributed by atoms with Crippen LogP contribution in [0.25, 0.3) is 22.0 Å². The molecule has 2 aromatic carbocycles. The second kappa shape index (κ2) is 7.83. The second-order valence-electron chi connectivity index (χ2n) is 6.92. The summed E-state index contributed by atoms with van der Waals surface area (Å²) in [6.45, 7) is 0. The largest absolute Gasteiger partial charge is 0.504 e. The first-order valence-electron chi connectivity index (χ1n) is 9.38. The van der Waals surface area contributed by atoms with Crippen molar-refractivity contribution in [3.8, 4) is 16.9 Å². The van der Waals surface area contributed by atoms with E-state index in [0.29, 0.717) is 16.5 Å². The molecule has 2 heterocycles. The number of aryl methyl sites for hydroxylation is 1. The maximum Gasteiger partial charge on any atom is 0.372 e. The van der Waals surface area contributed by atoms with Gasteiger partial charge in [-0.2, -0.15) is 0 Å². The van der Waals surface area contributed by atoms with Crippen molar-refractivity contribution in [2.45, 2.75) is 12.8 Å². The summed E-state index contributed by atoms with van der Waals surface area (Å²) in [5, 5.41) is 29.7. The molecular weight excluding hydrogens is 402 g/mol. The fourth-order valence-corrected chi connectivity index (χ4v) is 3.58. The van der Waals surface area contributed by atoms with Crippen LogP contribution in [0.5, 0.6) is 5.75 Å². The summed E-state index contributed by atoms with van der Waals surface area (Å²) in [7, 11) is 0. The molecule has 4 N–H and O–H groups in total. The number of aromatic amines is 1. The molecule has 0 aliphatic carbocycles. The highest BCUT2D eigenvalue weighted by molar-refractivity contribution is 6.18. The van der Waals surface area contributed by atoms with E-state index in [1.807, 2.05) is 0 Å². The van der Waals surface area contributed by atoms with Gasteiger partial charge in [0, 0.05) is 23.5 Å². The first-order chi connectivity index (χ1) is 14.9. The van der Waals surface area contributed by atoms with Gasteiger partial charge in [0.25, 0.3) is 0 Å². The van der Waals surface area contributed by atoms with Crippen molar-refractivity contribution >= 4 is 28.6 Å². The smallest absolute Gasteiger partial charge is 0.372 e. The molecular formula is C23H17NO7. The number of fused-ring (bicyclic) bond motifs is 1. The Morgan fingerprint density at radius 1 is 0.935 bits per heavy atom. The van der Waals surface area contributed by atoms with Crippen molar-refractivity contribution < 1.29 is 34.1 Å². The molecule has 31 heavy (non-hydrogen) atoms. The first kappa shape index (κ1) is 20.0. The van der Waals surface area contributed by atoms with Crippen molar-refractivity contribution in [2.24, 2.45) is 0 Å². The van der Waals surface area contributed by atoms with Crippen LogP contribution in [0.3, 0.4) is 0 Å². The Morgan fingerprint density at radius 3 is 2.35 bits per heavy atom. The molecule has 4 rings (SSSR count). The number of ketones is 1. The molecule has 0 spiro atoms. The zero-order valence-corrected chi connectivity index (χ0v) is 16.1. The minimum atomic E-state index is -1.41. The Morgan fingerprint density at radius 2 is 1.68 bits per heavy atom. The van der Waals surface area contributed by atoms with Gasteiger partial charge in [0.15, 0.2) is 5.75 Å². The summed E-state index contributed by atoms with van der Waals surface area (Å²) in [5.74, 6) is -4.60. The number of carboxylic acids is 2. The Hall–Kier alpha value is -4.33. The molecule has 156 valence electrons. The van der Waals surface area contributed by atoms with Crippen LogP contribution in [-0.4, -0.2) is 38.0 Å². The van der Waals surface area contributed by atoms with Crippen molar-refractivity contribution in [3.05, 3.63) is 77.4 Å². The Bertz CT molecular complexity index is 1310. The van der Waals surface area contributed by atoms with Gasteiger partial charge in [-0.25, -0.2) is 4.79 Å². The van der Waals surface area contributed by atoms with Crippen LogP contribution in [0.2, 0.25) is 0 Å². The zero-order valence-electron chi connectivity index (χ0n) is 16.1. The number of carboxylic acid groups (broad SMARTS) is 2. The van der Waals surface area contributed by atoms with E-state index in [2.05, 4.69) is 4.98 Å². The summed E-state index contributed by atoms with van der Waals surface area (Å²) < 4.78 is 5.31. The van der Waals surface area contributed by atoms with E-state index in [9.17, 15) is 24.6 Å². The topological polar surface area (TPSA) is 141 Å². The quantitative estimate of drug-likeness (QED) is 0.331. The van der Waals surface area contributed by atoms with Crippen LogP contribution >= 0.6 is 0 Å². The van der Waals surface area contributed by atoms with Gasteiger partial charge in [-0.3, -0.25) is 9.59 Å². The van der Waals surface area contributed by atoms with Gasteiger partial charge in [-0.15, -0.1) is 0 Å². The molecule has 0 fully saturated rings. The van der Waals surface area contributed by atoms with Crippen molar-refractivity contribution in [2.75, 3.05) is 0 Å². The Labute approximate surface area is 175 Å². The number of furan rings is 1. The van der Waals surface area contributed by atoms with Gasteiger partial charge in [0.05, 0.1) is 11.1 Å². The average molecular weight is 419 g/mol. The molecule has 0 unspecified atom stereocenters. The third kappa shape index (κ3) is 3.55. The minimum absolute atomic E-state index is 0.0667. The van der Waals surface area contributed by atoms with Gasteiger partial charge < -0.3 is 24.7 Å². The fraction of sp³-hybridized carbons (Fsp3) is 0.0870. The lowest BCUT2D eigenvalue weighted by Gasteiger charge is -2.02. The number of aliphatic carboxylic acids is 1. The van der Waals surface area contributed by atoms with Gasteiger partial charge in [0.2, 0.25) is 17.3 Å². The van der Waals surface area contributed by atoms with Gasteiger partial charge >= 0.3 is 11.9 Å². The van der Waals surface area contributed by atoms with Crippen LogP contribution in [0, 0.1) is 0 Å². The molecule has 0 aliphatic heterocycles. The molecule has 0 bridgehead atoms. The number of carbonyl (C=O) groups excluding carboxylic acids is 1. The molecule has 0 saturated heterocycles. The van der Waals surface area contributed by atoms with E-state index >= 15 is 0 Å². The van der Waals surface area contributed by atoms with E-state index in [-0.39, 0.29) is 24.0 Å². The van der Waals surface area contributed by atoms with E-state index < -0.39 is 35.0 Å². The maximum absolute atomic E-state index is 13.2. The summed E-state index contributed by atoms with van der Waals surface area (Å²) in [5.41, 5.74) is 1.82. The van der Waals surface area contributed by atoms with Crippen LogP contribution < -0.4 is 0 Å². The highest BCUT2D eigenvalue weighted by Gasteiger charge is 2.31. The highest BCUT2D eigenvalue weighted by atomic mass is 16.4. The Balaban J connectivity index is 1.81. The Kier molecular flexibility index (Phi) is 5.04. The zero-order chi connectivity index (χ0) is 22.1. The molecule has 8 nitrogen and oxygen atoms in total. The average Bonchev–Trinajstić information content (AvgIpc) is 3.34. The SMILES string of the molecule is O=C(O)CCc1cccc2c(C(=O)c3oc(C(=O)O)c(-c4ccccc4)c3O)c[nH]c12. The minimum Gasteiger partial charge on any atom is -0.504 e. The number of para-hydroxylation sites is 1. The van der Waals surface area contributed by atoms with E-state index in [4.69, 9.17) is 9.52 Å². The molecule has 0 radical (unpaired) electrons. The molecule has 2 aromatic heterocycles. The molecule has 8 heteroatoms. The predicted octanol–water partition coefficient (Wildman–Crippen LogP) is 4.08. The molecule has 0 atom stereocenters. The van der Waals surface area contributed by atoms with E-state index in [1.165, 1.54) is 6.20 Å². The number of H-pyrrole nitrogens is 1. The van der Waals surface area contributed by atoms with Crippen molar-refractivity contribution in [3.63, 3.8) is 0 Å². The summed E-state index contributed by atoms with van der Waals surface area (Å²) >= 11 is 0. The number of carbonyl (C=O) groups is 3. The molecule has 0 saturated carbocycles. The second-order valence-corrected chi connectivity index (χ2v) is 6.92. The highest BCUT2D eigenvalue weighted by Crippen LogP contribution is 2.40. The fourth-order valence-electron chi connectivity index (χ4n) is 3.58. The van der Waals surface area contributed by atoms with Gasteiger partial charge in [-0.05, 0) is 17.5 Å². The lowest BCUT2D eigenvalue weighted by atomic mass is 10.0. The van der Waals surface area contributed by atoms with Crippen LogP contribution in [0.4, 0.5) is 0 Å². The number of aromatic carboxylic acids is 1. The van der Waals surface area contributed by atoms with Crippen LogP contribution in [0.15, 0.2) is 59.1 Å². The van der Waals surface area contributed by atoms with Crippen LogP contribution in [-0.2, 0) is 11.2 Å². The number of aromatic nitrogens is 1. The summed E-state index contributed by atoms with van der Waals surface area (Å²) in [4.78, 5) is 38.7. The molecule has 0 aliphatic rings. The number of aromatic hydroxyl groups is 1. The predicted molar refractivity (Wildman–Crippen MR) is 110 cm³/mol. The standard InChI is InChI=1S/C23H17NO7/c25-16(26)10-9-13-7-4-8-14-15(11-24-18(13)14)19(27)22-20(28)17(21(31-22)23(29)30)12-5-2-1-3-6-12/h1-8,11,24,28H,9-10H2,(H,25,26)(H,29,30). The normalized spacial score (nSPS) is 11.0. The monoisotopic (exact) mass is 419 g/mol. The van der Waals surface area contributed by atoms with Gasteiger partial charge in [-0.1, -0.05) is 48.5 Å². The van der Waals surface area contributed by atoms with Crippen LogP contribution in [0.1, 0.15) is 38.7 Å². The number of benzene rings is 2. The van der Waals surface area contributed by atoms with Crippen molar-refractivity contribution in [1.29, 1.82) is 0 Å². The number of hydrogen-bond donors (Lipinski definition) is 4. The third-order valence-electron chi connectivity index (χ3n) is 5.00. The van der Waals surface area contributed by atoms with E-state index in [1.54, 1.807) is 48.5 Å². The maximum atomic E-state index is 13.2. The lowest BCUT2D eigenvalue weighted by molar-refractivity contribution is -0.136. The summed E-state index contributed by atoms with van der Waals surface area (Å²) in [6.07, 6.45) is 1.64. The molecule has 0 amide bonds. The number of rotatable bonds is 7. The van der Waals surface area contributed by atoms with Crippen molar-refractivity contribution in [1.82, 2.24) is 4.98 Å². The molecule has 4 aromatic rings. The number of nitrogens with one attached hydrogen (secondary N) is 1. The first-order valence-corrected chi connectivity index (χ1v) is 9.38. The third-order valence-corrected chi connectivity index (χ3v) is 5.00. The van der Waals surface area contributed by atoms with Gasteiger partial charge in [0.1, 0.15) is 0 Å². The lowest BCUT2D eigenvalue weighted by Crippen LogP contribution is -2.00.